The van der Waals surface area contributed by atoms with E-state index in [1.807, 2.05) is 36.7 Å². The first-order valence-corrected chi connectivity index (χ1v) is 5.67. The molecule has 3 N–H and O–H groups in total. The molecule has 0 bridgehead atoms. The maximum absolute atomic E-state index is 4.15. The molecule has 7 nitrogen and oxygen atoms in total. The largest absolute Gasteiger partial charge is 0.360 e. The van der Waals surface area contributed by atoms with Crippen molar-refractivity contribution in [1.82, 2.24) is 25.1 Å². The molecule has 3 rings (SSSR count). The summed E-state index contributed by atoms with van der Waals surface area (Å²) in [7, 11) is 0. The number of H-pyrrole nitrogens is 3. The van der Waals surface area contributed by atoms with Crippen molar-refractivity contribution in [2.45, 2.75) is 0 Å². The summed E-state index contributed by atoms with van der Waals surface area (Å²) < 4.78 is 0. The molecule has 0 spiro atoms. The highest BCUT2D eigenvalue weighted by molar-refractivity contribution is 5.79. The van der Waals surface area contributed by atoms with Crippen LogP contribution in [0.5, 0.6) is 0 Å². The lowest BCUT2D eigenvalue weighted by atomic mass is 10.5. The first kappa shape index (κ1) is 11.1. The minimum Gasteiger partial charge on any atom is -0.360 e. The highest BCUT2D eigenvalue weighted by Crippen LogP contribution is 2.09. The van der Waals surface area contributed by atoms with E-state index in [0.29, 0.717) is 11.9 Å². The number of aliphatic imine (C=N–C) groups is 2. The molecule has 94 valence electrons. The Balaban J connectivity index is 1.69. The molecule has 0 saturated carbocycles. The van der Waals surface area contributed by atoms with Gasteiger partial charge in [0.25, 0.3) is 5.95 Å². The van der Waals surface area contributed by atoms with Crippen LogP contribution in [0.1, 0.15) is 11.4 Å². The second-order valence-corrected chi connectivity index (χ2v) is 3.73. The lowest BCUT2D eigenvalue weighted by molar-refractivity contribution is 1.08. The van der Waals surface area contributed by atoms with Crippen molar-refractivity contribution in [3.8, 4) is 0 Å². The zero-order chi connectivity index (χ0) is 12.9. The first-order chi connectivity index (χ1) is 9.40. The third-order valence-corrected chi connectivity index (χ3v) is 2.35. The van der Waals surface area contributed by atoms with Crippen LogP contribution in [0.3, 0.4) is 0 Å². The summed E-state index contributed by atoms with van der Waals surface area (Å²) in [5, 5.41) is 6.65. The minimum atomic E-state index is 0.341. The van der Waals surface area contributed by atoms with Crippen LogP contribution in [0.4, 0.5) is 11.9 Å². The molecule has 0 atom stereocenters. The number of hydrogen-bond acceptors (Lipinski definition) is 4. The molecule has 0 unspecified atom stereocenters. The molecule has 0 aliphatic heterocycles. The molecule has 19 heavy (non-hydrogen) atoms. The normalized spacial score (nSPS) is 11.8. The maximum atomic E-state index is 4.15. The van der Waals surface area contributed by atoms with Gasteiger partial charge >= 0.3 is 0 Å². The van der Waals surface area contributed by atoms with Gasteiger partial charge in [-0.3, -0.25) is 0 Å². The van der Waals surface area contributed by atoms with Gasteiger partial charge in [0.2, 0.25) is 5.95 Å². The molecule has 3 aromatic rings. The van der Waals surface area contributed by atoms with Gasteiger partial charge in [0, 0.05) is 12.4 Å². The van der Waals surface area contributed by atoms with E-state index in [4.69, 9.17) is 0 Å². The second-order valence-electron chi connectivity index (χ2n) is 3.73. The monoisotopic (exact) mass is 253 g/mol. The average molecular weight is 253 g/mol. The Morgan fingerprint density at radius 3 is 2.26 bits per heavy atom. The Bertz CT molecular complexity index is 615. The topological polar surface area (TPSA) is 97.9 Å². The number of aromatic nitrogens is 5. The Morgan fingerprint density at radius 1 is 0.947 bits per heavy atom. The van der Waals surface area contributed by atoms with E-state index >= 15 is 0 Å². The fourth-order valence-corrected chi connectivity index (χ4v) is 1.47. The summed E-state index contributed by atoms with van der Waals surface area (Å²) in [6.45, 7) is 0. The van der Waals surface area contributed by atoms with Crippen LogP contribution in [-0.2, 0) is 0 Å². The van der Waals surface area contributed by atoms with Gasteiger partial charge in [0.15, 0.2) is 0 Å². The Labute approximate surface area is 108 Å². The van der Waals surface area contributed by atoms with Crippen LogP contribution < -0.4 is 0 Å². The lowest BCUT2D eigenvalue weighted by Crippen LogP contribution is -1.79. The molecule has 7 heteroatoms. The van der Waals surface area contributed by atoms with Gasteiger partial charge in [-0.1, -0.05) is 0 Å². The Kier molecular flexibility index (Phi) is 3.01. The van der Waals surface area contributed by atoms with Gasteiger partial charge in [0.05, 0.1) is 23.8 Å². The van der Waals surface area contributed by atoms with Crippen LogP contribution >= 0.6 is 0 Å². The molecule has 3 aromatic heterocycles. The van der Waals surface area contributed by atoms with Gasteiger partial charge in [-0.25, -0.2) is 15.1 Å². The van der Waals surface area contributed by atoms with E-state index in [1.165, 1.54) is 0 Å². The van der Waals surface area contributed by atoms with Gasteiger partial charge in [0.1, 0.15) is 0 Å². The summed E-state index contributed by atoms with van der Waals surface area (Å²) in [4.78, 5) is 18.4. The summed E-state index contributed by atoms with van der Waals surface area (Å²) in [6.07, 6.45) is 6.97. The van der Waals surface area contributed by atoms with Crippen molar-refractivity contribution in [1.29, 1.82) is 0 Å². The van der Waals surface area contributed by atoms with Crippen LogP contribution in [0, 0.1) is 0 Å². The molecule has 3 heterocycles. The number of aromatic amines is 3. The van der Waals surface area contributed by atoms with E-state index in [0.717, 1.165) is 11.4 Å². The highest BCUT2D eigenvalue weighted by Gasteiger charge is 1.98. The molecule has 0 aliphatic carbocycles. The molecular weight excluding hydrogens is 242 g/mol. The maximum Gasteiger partial charge on any atom is 0.269 e. The van der Waals surface area contributed by atoms with Crippen molar-refractivity contribution in [3.63, 3.8) is 0 Å². The van der Waals surface area contributed by atoms with E-state index in [-0.39, 0.29) is 0 Å². The molecule has 0 aromatic carbocycles. The third-order valence-electron chi connectivity index (χ3n) is 2.35. The molecular formula is C12H11N7. The smallest absolute Gasteiger partial charge is 0.269 e. The quantitative estimate of drug-likeness (QED) is 0.619. The van der Waals surface area contributed by atoms with E-state index < -0.39 is 0 Å². The van der Waals surface area contributed by atoms with Crippen LogP contribution in [-0.4, -0.2) is 37.6 Å². The van der Waals surface area contributed by atoms with E-state index in [2.05, 4.69) is 35.1 Å². The molecule has 0 aliphatic rings. The molecule has 0 radical (unpaired) electrons. The van der Waals surface area contributed by atoms with Crippen LogP contribution in [0.2, 0.25) is 0 Å². The molecule has 0 amide bonds. The van der Waals surface area contributed by atoms with Gasteiger partial charge in [-0.05, 0) is 24.3 Å². The fourth-order valence-electron chi connectivity index (χ4n) is 1.47. The zero-order valence-electron chi connectivity index (χ0n) is 9.91. The van der Waals surface area contributed by atoms with Crippen molar-refractivity contribution < 1.29 is 0 Å². The number of nitrogens with one attached hydrogen (secondary N) is 3. The fraction of sp³-hybridized carbons (Fsp3) is 0. The van der Waals surface area contributed by atoms with Crippen molar-refractivity contribution >= 4 is 24.3 Å². The number of rotatable bonds is 4. The first-order valence-electron chi connectivity index (χ1n) is 5.67. The summed E-state index contributed by atoms with van der Waals surface area (Å²) >= 11 is 0. The average Bonchev–Trinajstić information content (AvgIpc) is 3.16. The van der Waals surface area contributed by atoms with Gasteiger partial charge in [-0.2, -0.15) is 4.98 Å². The van der Waals surface area contributed by atoms with Crippen molar-refractivity contribution in [3.05, 3.63) is 48.0 Å². The second kappa shape index (κ2) is 5.13. The third kappa shape index (κ3) is 2.83. The standard InChI is InChI=1S/C12H11N7/c1-3-9(13-5-1)7-15-11-17-12(19-18-11)16-8-10-4-2-6-14-10/h1-8,13-14H,(H,17,18,19)/b15-7+,16-8+. The van der Waals surface area contributed by atoms with Crippen LogP contribution in [0.15, 0.2) is 46.6 Å². The van der Waals surface area contributed by atoms with Crippen LogP contribution in [0.25, 0.3) is 0 Å². The molecule has 0 saturated heterocycles. The zero-order valence-corrected chi connectivity index (χ0v) is 9.91. The Hall–Kier alpha value is -2.96. The Morgan fingerprint density at radius 2 is 1.63 bits per heavy atom. The number of hydrogen-bond donors (Lipinski definition) is 3. The minimum absolute atomic E-state index is 0.341. The summed E-state index contributed by atoms with van der Waals surface area (Å²) in [6, 6.07) is 7.60. The number of nitrogens with zero attached hydrogens (tertiary/aromatic N) is 4. The summed E-state index contributed by atoms with van der Waals surface area (Å²) in [5.74, 6) is 0.751. The van der Waals surface area contributed by atoms with Gasteiger partial charge in [-0.15, -0.1) is 5.10 Å². The van der Waals surface area contributed by atoms with Crippen molar-refractivity contribution in [2.24, 2.45) is 9.98 Å². The lowest BCUT2D eigenvalue weighted by Gasteiger charge is -1.83. The highest BCUT2D eigenvalue weighted by atomic mass is 15.3. The van der Waals surface area contributed by atoms with E-state index in [1.54, 1.807) is 12.4 Å². The molecule has 0 fully saturated rings. The predicted molar refractivity (Wildman–Crippen MR) is 72.5 cm³/mol. The van der Waals surface area contributed by atoms with E-state index in [9.17, 15) is 0 Å². The predicted octanol–water partition coefficient (Wildman–Crippen LogP) is 1.96. The van der Waals surface area contributed by atoms with Crippen molar-refractivity contribution in [2.75, 3.05) is 0 Å². The SMILES string of the molecule is C(=N\c1n[nH]c(/N=C/c2ccc[nH]2)n1)/c1ccc[nH]1. The summed E-state index contributed by atoms with van der Waals surface area (Å²) in [5.41, 5.74) is 1.79. The van der Waals surface area contributed by atoms with Gasteiger partial charge < -0.3 is 9.97 Å².